The average molecular weight is 359 g/mol. The first-order chi connectivity index (χ1) is 12.3. The van der Waals surface area contributed by atoms with E-state index in [1.807, 2.05) is 0 Å². The third kappa shape index (κ3) is 3.65. The molecule has 0 radical (unpaired) electrons. The summed E-state index contributed by atoms with van der Waals surface area (Å²) in [6.45, 7) is 1.63. The number of hydrogen-bond donors (Lipinski definition) is 4. The first kappa shape index (κ1) is 18.9. The molecule has 0 aliphatic heterocycles. The Labute approximate surface area is 148 Å². The van der Waals surface area contributed by atoms with E-state index in [1.54, 1.807) is 25.1 Å². The van der Waals surface area contributed by atoms with Crippen molar-refractivity contribution < 1.29 is 34.8 Å². The Balaban J connectivity index is 2.44. The first-order valence-corrected chi connectivity index (χ1v) is 7.54. The van der Waals surface area contributed by atoms with Crippen LogP contribution in [0.1, 0.15) is 27.6 Å². The molecule has 2 aromatic carbocycles. The number of aliphatic carboxylic acids is 1. The number of aromatic hydroxyl groups is 2. The zero-order valence-corrected chi connectivity index (χ0v) is 13.7. The zero-order valence-electron chi connectivity index (χ0n) is 13.7. The van der Waals surface area contributed by atoms with E-state index in [-0.39, 0.29) is 17.5 Å². The SMILES string of the molecule is Cc1ccccc1C(=O)N(C=O)C(C(=O)O)C(O)c1ccc(O)c(O)c1. The van der Waals surface area contributed by atoms with Gasteiger partial charge in [-0.3, -0.25) is 14.5 Å². The third-order valence-electron chi connectivity index (χ3n) is 3.92. The number of aliphatic hydroxyl groups is 1. The van der Waals surface area contributed by atoms with E-state index < -0.39 is 35.5 Å². The van der Waals surface area contributed by atoms with Crippen LogP contribution in [-0.2, 0) is 9.59 Å². The number of phenols is 2. The Morgan fingerprint density at radius 2 is 1.73 bits per heavy atom. The molecule has 0 heterocycles. The number of aliphatic hydroxyl groups excluding tert-OH is 1. The number of phenolic OH excluding ortho intramolecular Hbond substituents is 2. The Kier molecular flexibility index (Phi) is 5.58. The van der Waals surface area contributed by atoms with Crippen LogP contribution >= 0.6 is 0 Å². The maximum absolute atomic E-state index is 12.6. The van der Waals surface area contributed by atoms with Gasteiger partial charge in [0.25, 0.3) is 5.91 Å². The van der Waals surface area contributed by atoms with Crippen molar-refractivity contribution in [2.24, 2.45) is 0 Å². The molecule has 0 aliphatic rings. The van der Waals surface area contributed by atoms with Gasteiger partial charge in [0.1, 0.15) is 6.10 Å². The number of benzene rings is 2. The van der Waals surface area contributed by atoms with Crippen molar-refractivity contribution in [2.45, 2.75) is 19.1 Å². The predicted molar refractivity (Wildman–Crippen MR) is 89.6 cm³/mol. The smallest absolute Gasteiger partial charge is 0.330 e. The van der Waals surface area contributed by atoms with E-state index in [2.05, 4.69) is 0 Å². The summed E-state index contributed by atoms with van der Waals surface area (Å²) in [5.74, 6) is -3.53. The summed E-state index contributed by atoms with van der Waals surface area (Å²) in [4.78, 5) is 36.2. The van der Waals surface area contributed by atoms with Crippen LogP contribution in [0, 0.1) is 6.92 Å². The fourth-order valence-corrected chi connectivity index (χ4v) is 2.50. The van der Waals surface area contributed by atoms with Crippen molar-refractivity contribution in [1.82, 2.24) is 4.90 Å². The monoisotopic (exact) mass is 359 g/mol. The summed E-state index contributed by atoms with van der Waals surface area (Å²) in [5.41, 5.74) is 0.564. The standard InChI is InChI=1S/C18H17NO7/c1-10-4-2-3-5-12(10)17(24)19(9-20)15(18(25)26)16(23)11-6-7-13(21)14(22)8-11/h2-9,15-16,21-23H,1H3,(H,25,26). The largest absolute Gasteiger partial charge is 0.504 e. The van der Waals surface area contributed by atoms with Gasteiger partial charge in [-0.1, -0.05) is 24.3 Å². The average Bonchev–Trinajstić information content (AvgIpc) is 2.60. The van der Waals surface area contributed by atoms with Gasteiger partial charge < -0.3 is 20.4 Å². The summed E-state index contributed by atoms with van der Waals surface area (Å²) in [6.07, 6.45) is -1.78. The Morgan fingerprint density at radius 1 is 1.08 bits per heavy atom. The highest BCUT2D eigenvalue weighted by molar-refractivity contribution is 6.03. The number of carboxylic acid groups (broad SMARTS) is 1. The summed E-state index contributed by atoms with van der Waals surface area (Å²) in [5, 5.41) is 38.7. The minimum Gasteiger partial charge on any atom is -0.504 e. The lowest BCUT2D eigenvalue weighted by Crippen LogP contribution is -2.48. The minimum atomic E-state index is -1.93. The van der Waals surface area contributed by atoms with Crippen LogP contribution in [0.4, 0.5) is 0 Å². The van der Waals surface area contributed by atoms with Crippen LogP contribution in [0.5, 0.6) is 11.5 Å². The van der Waals surface area contributed by atoms with Crippen molar-refractivity contribution in [3.63, 3.8) is 0 Å². The molecule has 2 atom stereocenters. The minimum absolute atomic E-state index is 0.0387. The van der Waals surface area contributed by atoms with Gasteiger partial charge in [-0.05, 0) is 36.2 Å². The van der Waals surface area contributed by atoms with Gasteiger partial charge in [0.15, 0.2) is 17.5 Å². The molecule has 136 valence electrons. The molecule has 0 spiro atoms. The van der Waals surface area contributed by atoms with Crippen molar-refractivity contribution in [1.29, 1.82) is 0 Å². The molecule has 2 aromatic rings. The second kappa shape index (κ2) is 7.66. The van der Waals surface area contributed by atoms with E-state index in [0.29, 0.717) is 10.5 Å². The van der Waals surface area contributed by atoms with Crippen LogP contribution < -0.4 is 0 Å². The van der Waals surface area contributed by atoms with Crippen molar-refractivity contribution in [3.8, 4) is 11.5 Å². The molecule has 4 N–H and O–H groups in total. The summed E-state index contributed by atoms with van der Waals surface area (Å²) < 4.78 is 0. The van der Waals surface area contributed by atoms with E-state index in [9.17, 15) is 34.8 Å². The van der Waals surface area contributed by atoms with Gasteiger partial charge in [0.05, 0.1) is 0 Å². The number of rotatable bonds is 6. The number of imide groups is 1. The van der Waals surface area contributed by atoms with Gasteiger partial charge in [-0.2, -0.15) is 0 Å². The third-order valence-corrected chi connectivity index (χ3v) is 3.92. The number of nitrogens with zero attached hydrogens (tertiary/aromatic N) is 1. The molecule has 8 heteroatoms. The fourth-order valence-electron chi connectivity index (χ4n) is 2.50. The first-order valence-electron chi connectivity index (χ1n) is 7.54. The second-order valence-electron chi connectivity index (χ2n) is 5.61. The highest BCUT2D eigenvalue weighted by Gasteiger charge is 2.37. The Bertz CT molecular complexity index is 849. The highest BCUT2D eigenvalue weighted by atomic mass is 16.4. The highest BCUT2D eigenvalue weighted by Crippen LogP contribution is 2.30. The summed E-state index contributed by atoms with van der Waals surface area (Å²) in [7, 11) is 0. The molecule has 0 bridgehead atoms. The summed E-state index contributed by atoms with van der Waals surface area (Å²) in [6, 6.07) is 7.57. The number of amides is 2. The van der Waals surface area contributed by atoms with Gasteiger partial charge in [-0.15, -0.1) is 0 Å². The van der Waals surface area contributed by atoms with Crippen molar-refractivity contribution in [2.75, 3.05) is 0 Å². The van der Waals surface area contributed by atoms with Gasteiger partial charge in [0, 0.05) is 5.56 Å². The van der Waals surface area contributed by atoms with Crippen LogP contribution in [0.2, 0.25) is 0 Å². The van der Waals surface area contributed by atoms with E-state index >= 15 is 0 Å². The molecule has 0 aliphatic carbocycles. The molecule has 8 nitrogen and oxygen atoms in total. The van der Waals surface area contributed by atoms with Crippen LogP contribution in [-0.4, -0.2) is 49.7 Å². The van der Waals surface area contributed by atoms with Crippen LogP contribution in [0.15, 0.2) is 42.5 Å². The quantitative estimate of drug-likeness (QED) is 0.449. The Hall–Kier alpha value is -3.39. The number of hydrogen-bond acceptors (Lipinski definition) is 6. The van der Waals surface area contributed by atoms with Gasteiger partial charge in [0.2, 0.25) is 6.41 Å². The van der Waals surface area contributed by atoms with Crippen molar-refractivity contribution >= 4 is 18.3 Å². The van der Waals surface area contributed by atoms with E-state index in [4.69, 9.17) is 0 Å². The zero-order chi connectivity index (χ0) is 19.4. The number of carboxylic acids is 1. The lowest BCUT2D eigenvalue weighted by molar-refractivity contribution is -0.149. The van der Waals surface area contributed by atoms with Gasteiger partial charge in [-0.25, -0.2) is 4.79 Å². The maximum atomic E-state index is 12.6. The lowest BCUT2D eigenvalue weighted by Gasteiger charge is -2.28. The molecule has 0 saturated carbocycles. The molecule has 26 heavy (non-hydrogen) atoms. The molecule has 2 amide bonds. The molecule has 2 rings (SSSR count). The molecule has 0 aromatic heterocycles. The van der Waals surface area contributed by atoms with E-state index in [0.717, 1.165) is 12.1 Å². The fraction of sp³-hybridized carbons (Fsp3) is 0.167. The topological polar surface area (TPSA) is 135 Å². The van der Waals surface area contributed by atoms with Crippen molar-refractivity contribution in [3.05, 3.63) is 59.2 Å². The number of aryl methyl sites for hydroxylation is 1. The second-order valence-corrected chi connectivity index (χ2v) is 5.61. The van der Waals surface area contributed by atoms with Crippen LogP contribution in [0.25, 0.3) is 0 Å². The van der Waals surface area contributed by atoms with E-state index in [1.165, 1.54) is 12.1 Å². The predicted octanol–water partition coefficient (Wildman–Crippen LogP) is 1.19. The lowest BCUT2D eigenvalue weighted by atomic mass is 9.99. The number of carbonyl (C=O) groups is 3. The summed E-state index contributed by atoms with van der Waals surface area (Å²) >= 11 is 0. The van der Waals surface area contributed by atoms with Gasteiger partial charge >= 0.3 is 5.97 Å². The molecular formula is C18H17NO7. The molecule has 0 fully saturated rings. The normalized spacial score (nSPS) is 12.8. The Morgan fingerprint density at radius 3 is 2.27 bits per heavy atom. The molecule has 0 saturated heterocycles. The maximum Gasteiger partial charge on any atom is 0.330 e. The van der Waals surface area contributed by atoms with Crippen LogP contribution in [0.3, 0.4) is 0 Å². The molecular weight excluding hydrogens is 342 g/mol. The number of carbonyl (C=O) groups excluding carboxylic acids is 2. The molecule has 2 unspecified atom stereocenters.